The maximum atomic E-state index is 10.2. The summed E-state index contributed by atoms with van der Waals surface area (Å²) >= 11 is 0. The molecule has 0 spiro atoms. The molecule has 2 aliphatic rings. The Bertz CT molecular complexity index is 739. The maximum absolute atomic E-state index is 10.2. The first-order chi connectivity index (χ1) is 10.4. The number of aliphatic hydroxyl groups excluding tert-OH is 4. The number of aryl methyl sites for hydroxylation is 2. The second-order valence-electron chi connectivity index (χ2n) is 5.82. The second kappa shape index (κ2) is 4.48. The third-order valence-corrected chi connectivity index (χ3v) is 4.50. The molecule has 6 nitrogen and oxygen atoms in total. The second-order valence-corrected chi connectivity index (χ2v) is 5.82. The van der Waals surface area contributed by atoms with Gasteiger partial charge in [-0.2, -0.15) is 0 Å². The van der Waals surface area contributed by atoms with Crippen molar-refractivity contribution in [1.29, 1.82) is 0 Å². The molecule has 2 aromatic carbocycles. The van der Waals surface area contributed by atoms with Crippen molar-refractivity contribution >= 4 is 10.8 Å². The van der Waals surface area contributed by atoms with Gasteiger partial charge in [0.05, 0.1) is 0 Å². The van der Waals surface area contributed by atoms with E-state index in [9.17, 15) is 20.4 Å². The van der Waals surface area contributed by atoms with E-state index in [-0.39, 0.29) is 0 Å². The molecule has 0 aromatic heterocycles. The Labute approximate surface area is 126 Å². The minimum Gasteiger partial charge on any atom is -0.364 e. The van der Waals surface area contributed by atoms with Crippen LogP contribution in [0.2, 0.25) is 0 Å². The summed E-state index contributed by atoms with van der Waals surface area (Å²) in [5.41, 5.74) is 3.56. The van der Waals surface area contributed by atoms with Crippen molar-refractivity contribution in [2.45, 2.75) is 39.0 Å². The summed E-state index contributed by atoms with van der Waals surface area (Å²) in [5, 5.41) is 41.8. The fraction of sp³-hybridized carbons (Fsp3) is 0.375. The molecule has 22 heavy (non-hydrogen) atoms. The third-order valence-electron chi connectivity index (χ3n) is 4.50. The predicted octanol–water partition coefficient (Wildman–Crippen LogP) is 1.48. The fourth-order valence-electron chi connectivity index (χ4n) is 3.58. The molecule has 4 atom stereocenters. The van der Waals surface area contributed by atoms with E-state index in [1.165, 1.54) is 0 Å². The van der Waals surface area contributed by atoms with Crippen molar-refractivity contribution in [1.82, 2.24) is 0 Å². The van der Waals surface area contributed by atoms with Crippen LogP contribution in [0.15, 0.2) is 12.1 Å². The zero-order chi connectivity index (χ0) is 15.8. The van der Waals surface area contributed by atoms with Crippen LogP contribution in [0.1, 0.15) is 58.5 Å². The quantitative estimate of drug-likeness (QED) is 0.588. The molecule has 0 bridgehead atoms. The molecule has 4 rings (SSSR count). The summed E-state index contributed by atoms with van der Waals surface area (Å²) in [6, 6.07) is 3.42. The summed E-state index contributed by atoms with van der Waals surface area (Å²) in [7, 11) is 0. The molecular weight excluding hydrogens is 288 g/mol. The highest BCUT2D eigenvalue weighted by Crippen LogP contribution is 2.49. The van der Waals surface area contributed by atoms with E-state index in [4.69, 9.17) is 9.47 Å². The number of aliphatic hydroxyl groups is 4. The smallest absolute Gasteiger partial charge is 0.185 e. The summed E-state index contributed by atoms with van der Waals surface area (Å²) < 4.78 is 10.4. The molecule has 0 radical (unpaired) electrons. The summed E-state index contributed by atoms with van der Waals surface area (Å²) in [5.74, 6) is 0. The molecule has 2 heterocycles. The Morgan fingerprint density at radius 1 is 0.682 bits per heavy atom. The Morgan fingerprint density at radius 3 is 1.55 bits per heavy atom. The van der Waals surface area contributed by atoms with Gasteiger partial charge in [0.1, 0.15) is 0 Å². The number of hydrogen-bond donors (Lipinski definition) is 4. The van der Waals surface area contributed by atoms with E-state index in [1.54, 1.807) is 26.0 Å². The van der Waals surface area contributed by atoms with Gasteiger partial charge in [-0.25, -0.2) is 0 Å². The van der Waals surface area contributed by atoms with Gasteiger partial charge in [0.25, 0.3) is 0 Å². The molecule has 0 amide bonds. The molecule has 2 aliphatic heterocycles. The van der Waals surface area contributed by atoms with Crippen LogP contribution in [-0.4, -0.2) is 20.4 Å². The normalized spacial score (nSPS) is 29.9. The van der Waals surface area contributed by atoms with Crippen LogP contribution in [0.5, 0.6) is 0 Å². The van der Waals surface area contributed by atoms with Gasteiger partial charge < -0.3 is 29.9 Å². The van der Waals surface area contributed by atoms with Crippen molar-refractivity contribution in [2.75, 3.05) is 0 Å². The fourth-order valence-corrected chi connectivity index (χ4v) is 3.58. The molecule has 0 saturated carbocycles. The molecule has 6 heteroatoms. The Morgan fingerprint density at radius 2 is 1.09 bits per heavy atom. The third kappa shape index (κ3) is 1.65. The molecule has 0 fully saturated rings. The maximum Gasteiger partial charge on any atom is 0.185 e. The number of hydrogen-bond acceptors (Lipinski definition) is 6. The van der Waals surface area contributed by atoms with E-state index in [0.29, 0.717) is 33.0 Å². The highest BCUT2D eigenvalue weighted by Gasteiger charge is 2.36. The van der Waals surface area contributed by atoms with Gasteiger partial charge in [0.15, 0.2) is 25.2 Å². The summed E-state index contributed by atoms with van der Waals surface area (Å²) in [4.78, 5) is 0. The van der Waals surface area contributed by atoms with Crippen LogP contribution < -0.4 is 0 Å². The molecule has 2 aromatic rings. The molecule has 0 aliphatic carbocycles. The molecule has 116 valence electrons. The van der Waals surface area contributed by atoms with Gasteiger partial charge in [-0.3, -0.25) is 0 Å². The van der Waals surface area contributed by atoms with Gasteiger partial charge in [0.2, 0.25) is 0 Å². The molecule has 4 N–H and O–H groups in total. The van der Waals surface area contributed by atoms with E-state index < -0.39 is 25.2 Å². The van der Waals surface area contributed by atoms with E-state index in [2.05, 4.69) is 0 Å². The first-order valence-electron chi connectivity index (χ1n) is 7.04. The van der Waals surface area contributed by atoms with Crippen molar-refractivity contribution in [2.24, 2.45) is 0 Å². The van der Waals surface area contributed by atoms with Crippen LogP contribution in [0, 0.1) is 13.8 Å². The van der Waals surface area contributed by atoms with Crippen molar-refractivity contribution in [3.63, 3.8) is 0 Å². The summed E-state index contributed by atoms with van der Waals surface area (Å²) in [6.07, 6.45) is -5.04. The Kier molecular flexibility index (Phi) is 2.87. The number of benzene rings is 2. The zero-order valence-electron chi connectivity index (χ0n) is 12.1. The van der Waals surface area contributed by atoms with E-state index in [0.717, 1.165) is 11.1 Å². The lowest BCUT2D eigenvalue weighted by Gasteiger charge is -2.35. The van der Waals surface area contributed by atoms with Crippen molar-refractivity contribution < 1.29 is 29.9 Å². The van der Waals surface area contributed by atoms with Crippen LogP contribution in [-0.2, 0) is 9.47 Å². The summed E-state index contributed by atoms with van der Waals surface area (Å²) in [6.45, 7) is 3.58. The zero-order valence-corrected chi connectivity index (χ0v) is 12.1. The van der Waals surface area contributed by atoms with E-state index in [1.807, 2.05) is 0 Å². The van der Waals surface area contributed by atoms with Gasteiger partial charge in [-0.05, 0) is 47.9 Å². The average molecular weight is 304 g/mol. The van der Waals surface area contributed by atoms with Crippen molar-refractivity contribution in [3.05, 3.63) is 45.5 Å². The molecule has 4 unspecified atom stereocenters. The van der Waals surface area contributed by atoms with Gasteiger partial charge >= 0.3 is 0 Å². The number of ether oxygens (including phenoxy) is 2. The Hall–Kier alpha value is -1.54. The first kappa shape index (κ1) is 14.1. The Balaban J connectivity index is 2.26. The van der Waals surface area contributed by atoms with Gasteiger partial charge in [-0.1, -0.05) is 0 Å². The highest BCUT2D eigenvalue weighted by molar-refractivity contribution is 5.97. The first-order valence-corrected chi connectivity index (χ1v) is 7.04. The largest absolute Gasteiger partial charge is 0.364 e. The monoisotopic (exact) mass is 304 g/mol. The number of rotatable bonds is 0. The van der Waals surface area contributed by atoms with Crippen LogP contribution in [0.25, 0.3) is 10.8 Å². The minimum atomic E-state index is -1.26. The lowest BCUT2D eigenvalue weighted by atomic mass is 9.84. The average Bonchev–Trinajstić information content (AvgIpc) is 2.42. The standard InChI is InChI=1S/C16H16O6/c1-5-3-7-11-8(14(18)21-13(7)17)4-6(2)10-12(11)9(5)15(19)22-16(10)20/h3-4,13-20H,1-2H3. The van der Waals surface area contributed by atoms with Crippen LogP contribution in [0.3, 0.4) is 0 Å². The van der Waals surface area contributed by atoms with Gasteiger partial charge in [0, 0.05) is 22.3 Å². The lowest BCUT2D eigenvalue weighted by molar-refractivity contribution is -0.222. The molecular formula is C16H16O6. The molecule has 0 saturated heterocycles. The van der Waals surface area contributed by atoms with Gasteiger partial charge in [-0.15, -0.1) is 0 Å². The SMILES string of the molecule is Cc1cc2c3c(cc(C)c4c3c1C(O)OC4O)C(O)OC2O. The van der Waals surface area contributed by atoms with E-state index >= 15 is 0 Å². The van der Waals surface area contributed by atoms with Crippen LogP contribution in [0.4, 0.5) is 0 Å². The van der Waals surface area contributed by atoms with Crippen molar-refractivity contribution in [3.8, 4) is 0 Å². The van der Waals surface area contributed by atoms with Crippen LogP contribution >= 0.6 is 0 Å². The predicted molar refractivity (Wildman–Crippen MR) is 75.4 cm³/mol. The minimum absolute atomic E-state index is 0.513. The lowest BCUT2D eigenvalue weighted by Crippen LogP contribution is -2.23. The highest BCUT2D eigenvalue weighted by atomic mass is 16.7. The topological polar surface area (TPSA) is 99.4 Å².